The van der Waals surface area contributed by atoms with Crippen LogP contribution in [0.3, 0.4) is 0 Å². The maximum Gasteiger partial charge on any atom is 0.263 e. The van der Waals surface area contributed by atoms with Gasteiger partial charge >= 0.3 is 0 Å². The van der Waals surface area contributed by atoms with Gasteiger partial charge in [-0.3, -0.25) is 14.3 Å². The molecule has 6 nitrogen and oxygen atoms in total. The highest BCUT2D eigenvalue weighted by molar-refractivity contribution is 5.95. The Morgan fingerprint density at radius 1 is 1.03 bits per heavy atom. The van der Waals surface area contributed by atoms with Crippen molar-refractivity contribution in [3.63, 3.8) is 0 Å². The molecule has 2 aromatic heterocycles. The van der Waals surface area contributed by atoms with Crippen molar-refractivity contribution in [2.75, 3.05) is 13.1 Å². The van der Waals surface area contributed by atoms with Gasteiger partial charge in [-0.2, -0.15) is 5.10 Å². The van der Waals surface area contributed by atoms with Crippen LogP contribution < -0.4 is 5.56 Å². The molecular formula is C25H30N4O2. The van der Waals surface area contributed by atoms with Crippen molar-refractivity contribution >= 4 is 5.91 Å². The summed E-state index contributed by atoms with van der Waals surface area (Å²) in [5.41, 5.74) is 2.08. The van der Waals surface area contributed by atoms with E-state index in [1.807, 2.05) is 53.0 Å². The Bertz CT molecular complexity index is 1050. The summed E-state index contributed by atoms with van der Waals surface area (Å²) in [6.07, 6.45) is 9.37. The number of hydrogen-bond acceptors (Lipinski definition) is 3. The number of likely N-dealkylation sites (tertiary alicyclic amines) is 1. The zero-order chi connectivity index (χ0) is 21.6. The summed E-state index contributed by atoms with van der Waals surface area (Å²) in [4.78, 5) is 28.2. The Hall–Kier alpha value is -3.15. The van der Waals surface area contributed by atoms with Gasteiger partial charge in [-0.1, -0.05) is 30.3 Å². The molecule has 31 heavy (non-hydrogen) atoms. The van der Waals surface area contributed by atoms with Crippen molar-refractivity contribution in [2.45, 2.75) is 45.7 Å². The SMILES string of the molecule is Cc1ccn(CCc2ccccc2)c(=O)c1C(=O)N1CCC(CCn2cccn2)CC1. The van der Waals surface area contributed by atoms with Gasteiger partial charge < -0.3 is 9.47 Å². The van der Waals surface area contributed by atoms with Crippen LogP contribution in [-0.2, 0) is 19.5 Å². The van der Waals surface area contributed by atoms with E-state index in [1.54, 1.807) is 17.0 Å². The van der Waals surface area contributed by atoms with Gasteiger partial charge in [0.25, 0.3) is 11.5 Å². The van der Waals surface area contributed by atoms with Crippen LogP contribution >= 0.6 is 0 Å². The van der Waals surface area contributed by atoms with Crippen LogP contribution in [0.4, 0.5) is 0 Å². The lowest BCUT2D eigenvalue weighted by atomic mass is 9.93. The molecule has 0 atom stereocenters. The van der Waals surface area contributed by atoms with E-state index in [0.717, 1.165) is 37.8 Å². The third-order valence-corrected chi connectivity index (χ3v) is 6.30. The standard InChI is InChI=1S/C25H30N4O2/c1-20-8-15-27(16-9-21-6-3-2-4-7-21)24(30)23(20)25(31)28-17-10-22(11-18-28)12-19-29-14-5-13-26-29/h2-8,13-15,22H,9-12,16-19H2,1H3. The molecule has 162 valence electrons. The van der Waals surface area contributed by atoms with Crippen molar-refractivity contribution in [1.29, 1.82) is 0 Å². The van der Waals surface area contributed by atoms with E-state index >= 15 is 0 Å². The number of piperidine rings is 1. The zero-order valence-electron chi connectivity index (χ0n) is 18.1. The Kier molecular flexibility index (Phi) is 6.65. The maximum atomic E-state index is 13.2. The van der Waals surface area contributed by atoms with E-state index in [0.29, 0.717) is 31.1 Å². The lowest BCUT2D eigenvalue weighted by Gasteiger charge is -2.32. The summed E-state index contributed by atoms with van der Waals surface area (Å²) in [5, 5.41) is 4.26. The minimum Gasteiger partial charge on any atom is -0.338 e. The first kappa shape index (κ1) is 21.1. The van der Waals surface area contributed by atoms with Gasteiger partial charge in [-0.25, -0.2) is 0 Å². The Balaban J connectivity index is 1.38. The second kappa shape index (κ2) is 9.77. The van der Waals surface area contributed by atoms with Gasteiger partial charge in [0.2, 0.25) is 0 Å². The Morgan fingerprint density at radius 2 is 1.81 bits per heavy atom. The molecule has 1 fully saturated rings. The molecule has 4 rings (SSSR count). The molecule has 1 saturated heterocycles. The van der Waals surface area contributed by atoms with Gasteiger partial charge in [-0.15, -0.1) is 0 Å². The number of nitrogens with zero attached hydrogens (tertiary/aromatic N) is 4. The van der Waals surface area contributed by atoms with E-state index in [4.69, 9.17) is 0 Å². The highest BCUT2D eigenvalue weighted by Gasteiger charge is 2.26. The van der Waals surface area contributed by atoms with Gasteiger partial charge in [0, 0.05) is 44.8 Å². The van der Waals surface area contributed by atoms with E-state index in [2.05, 4.69) is 17.2 Å². The van der Waals surface area contributed by atoms with Crippen molar-refractivity contribution in [2.24, 2.45) is 5.92 Å². The third-order valence-electron chi connectivity index (χ3n) is 6.30. The second-order valence-electron chi connectivity index (χ2n) is 8.40. The number of pyridine rings is 1. The van der Waals surface area contributed by atoms with Crippen LogP contribution in [0.25, 0.3) is 0 Å². The molecule has 1 aromatic carbocycles. The van der Waals surface area contributed by atoms with Crippen LogP contribution in [0.2, 0.25) is 0 Å². The fourth-order valence-electron chi connectivity index (χ4n) is 4.33. The van der Waals surface area contributed by atoms with Gasteiger partial charge in [0.1, 0.15) is 5.56 Å². The normalized spacial score (nSPS) is 14.7. The minimum absolute atomic E-state index is 0.123. The molecule has 0 unspecified atom stereocenters. The first-order valence-electron chi connectivity index (χ1n) is 11.1. The monoisotopic (exact) mass is 418 g/mol. The maximum absolute atomic E-state index is 13.2. The highest BCUT2D eigenvalue weighted by Crippen LogP contribution is 2.22. The zero-order valence-corrected chi connectivity index (χ0v) is 18.1. The van der Waals surface area contributed by atoms with Gasteiger partial charge in [0.05, 0.1) is 0 Å². The predicted octanol–water partition coefficient (Wildman–Crippen LogP) is 3.54. The summed E-state index contributed by atoms with van der Waals surface area (Å²) in [6, 6.07) is 13.9. The Morgan fingerprint density at radius 3 is 2.52 bits per heavy atom. The van der Waals surface area contributed by atoms with Crippen LogP contribution in [-0.4, -0.2) is 38.2 Å². The van der Waals surface area contributed by atoms with Crippen LogP contribution in [0, 0.1) is 12.8 Å². The number of carbonyl (C=O) groups is 1. The lowest BCUT2D eigenvalue weighted by Crippen LogP contribution is -2.42. The molecule has 6 heteroatoms. The molecule has 0 N–H and O–H groups in total. The summed E-state index contributed by atoms with van der Waals surface area (Å²) >= 11 is 0. The molecule has 3 aromatic rings. The van der Waals surface area contributed by atoms with Crippen molar-refractivity contribution < 1.29 is 4.79 Å². The molecule has 0 radical (unpaired) electrons. The van der Waals surface area contributed by atoms with E-state index in [-0.39, 0.29) is 11.5 Å². The van der Waals surface area contributed by atoms with Gasteiger partial charge in [-0.05, 0) is 61.8 Å². The number of amides is 1. The number of carbonyl (C=O) groups excluding carboxylic acids is 1. The highest BCUT2D eigenvalue weighted by atomic mass is 16.2. The first-order valence-corrected chi connectivity index (χ1v) is 11.1. The number of aromatic nitrogens is 3. The van der Waals surface area contributed by atoms with Gasteiger partial charge in [0.15, 0.2) is 0 Å². The van der Waals surface area contributed by atoms with E-state index in [9.17, 15) is 9.59 Å². The topological polar surface area (TPSA) is 60.1 Å². The minimum atomic E-state index is -0.179. The smallest absolute Gasteiger partial charge is 0.263 e. The fourth-order valence-corrected chi connectivity index (χ4v) is 4.33. The molecule has 0 saturated carbocycles. The molecule has 1 amide bonds. The van der Waals surface area contributed by atoms with Crippen molar-refractivity contribution in [3.8, 4) is 0 Å². The quantitative estimate of drug-likeness (QED) is 0.590. The Labute approximate surface area is 183 Å². The fraction of sp³-hybridized carbons (Fsp3) is 0.400. The second-order valence-corrected chi connectivity index (χ2v) is 8.40. The number of benzene rings is 1. The van der Waals surface area contributed by atoms with Crippen LogP contribution in [0.5, 0.6) is 0 Å². The molecule has 0 aliphatic carbocycles. The number of rotatable bonds is 7. The van der Waals surface area contributed by atoms with E-state index in [1.165, 1.54) is 5.56 Å². The summed E-state index contributed by atoms with van der Waals surface area (Å²) in [7, 11) is 0. The summed E-state index contributed by atoms with van der Waals surface area (Å²) < 4.78 is 3.63. The predicted molar refractivity (Wildman–Crippen MR) is 121 cm³/mol. The van der Waals surface area contributed by atoms with Crippen LogP contribution in [0.1, 0.15) is 40.7 Å². The summed E-state index contributed by atoms with van der Waals surface area (Å²) in [5.74, 6) is 0.467. The first-order chi connectivity index (χ1) is 15.1. The molecule has 0 bridgehead atoms. The van der Waals surface area contributed by atoms with Crippen molar-refractivity contribution in [1.82, 2.24) is 19.2 Å². The van der Waals surface area contributed by atoms with Crippen molar-refractivity contribution in [3.05, 3.63) is 88.1 Å². The van der Waals surface area contributed by atoms with E-state index < -0.39 is 0 Å². The van der Waals surface area contributed by atoms with Crippen LogP contribution in [0.15, 0.2) is 65.8 Å². The molecular weight excluding hydrogens is 388 g/mol. The number of aryl methyl sites for hydroxylation is 4. The molecule has 0 spiro atoms. The average molecular weight is 419 g/mol. The molecule has 3 heterocycles. The number of hydrogen-bond donors (Lipinski definition) is 0. The molecule has 1 aliphatic rings. The molecule has 1 aliphatic heterocycles. The lowest BCUT2D eigenvalue weighted by molar-refractivity contribution is 0.0681. The average Bonchev–Trinajstić information content (AvgIpc) is 3.32. The largest absolute Gasteiger partial charge is 0.338 e. The summed E-state index contributed by atoms with van der Waals surface area (Å²) in [6.45, 7) is 4.75. The third kappa shape index (κ3) is 5.13.